The zero-order valence-electron chi connectivity index (χ0n) is 7.62. The molecule has 0 heterocycles. The number of carboxylic acids is 1. The molecule has 88 valence electrons. The summed E-state index contributed by atoms with van der Waals surface area (Å²) in [6.45, 7) is 0. The van der Waals surface area contributed by atoms with E-state index in [0.29, 0.717) is 0 Å². The molecule has 0 spiro atoms. The lowest BCUT2D eigenvalue weighted by Gasteiger charge is -2.16. The number of benzene rings is 1. The Labute approximate surface area is 93.1 Å². The van der Waals surface area contributed by atoms with Crippen molar-refractivity contribution >= 4 is 17.6 Å². The number of aliphatic hydroxyl groups excluding tert-OH is 1. The van der Waals surface area contributed by atoms with Gasteiger partial charge in [-0.1, -0.05) is 23.7 Å². The lowest BCUT2D eigenvalue weighted by atomic mass is 10.0. The molecule has 1 aromatic carbocycles. The third kappa shape index (κ3) is 2.45. The average molecular weight is 255 g/mol. The highest BCUT2D eigenvalue weighted by Gasteiger charge is 2.38. The van der Waals surface area contributed by atoms with Crippen LogP contribution in [0.25, 0.3) is 0 Å². The minimum atomic E-state index is -4.82. The smallest absolute Gasteiger partial charge is 0.418 e. The molecule has 16 heavy (non-hydrogen) atoms. The Bertz CT molecular complexity index is 417. The quantitative estimate of drug-likeness (QED) is 0.852. The molecule has 0 bridgehead atoms. The minimum Gasteiger partial charge on any atom is -0.479 e. The summed E-state index contributed by atoms with van der Waals surface area (Å²) in [7, 11) is 0. The molecule has 0 saturated carbocycles. The second-order valence-corrected chi connectivity index (χ2v) is 3.35. The Balaban J connectivity index is 3.40. The van der Waals surface area contributed by atoms with Gasteiger partial charge in [-0.15, -0.1) is 0 Å². The summed E-state index contributed by atoms with van der Waals surface area (Å²) in [4.78, 5) is 10.4. The van der Waals surface area contributed by atoms with Gasteiger partial charge in [-0.3, -0.25) is 0 Å². The molecule has 2 N–H and O–H groups in total. The predicted octanol–water partition coefficient (Wildman–Crippen LogP) is 2.48. The molecule has 7 heteroatoms. The van der Waals surface area contributed by atoms with Crippen molar-refractivity contribution in [2.75, 3.05) is 0 Å². The topological polar surface area (TPSA) is 57.5 Å². The monoisotopic (exact) mass is 254 g/mol. The van der Waals surface area contributed by atoms with Gasteiger partial charge in [-0.25, -0.2) is 4.79 Å². The standard InChI is InChI=1S/C9H6ClF3O3/c10-5-3-1-2-4(7(14)8(15)16)6(5)9(11,12)13/h1-3,7,14H,(H,15,16). The summed E-state index contributed by atoms with van der Waals surface area (Å²) >= 11 is 5.34. The maximum absolute atomic E-state index is 12.5. The summed E-state index contributed by atoms with van der Waals surface area (Å²) in [5.74, 6) is -1.77. The molecular formula is C9H6ClF3O3. The second kappa shape index (κ2) is 4.31. The fourth-order valence-electron chi connectivity index (χ4n) is 1.20. The van der Waals surface area contributed by atoms with E-state index in [9.17, 15) is 18.0 Å². The second-order valence-electron chi connectivity index (χ2n) is 2.94. The predicted molar refractivity (Wildman–Crippen MR) is 49.0 cm³/mol. The summed E-state index contributed by atoms with van der Waals surface area (Å²) in [6, 6.07) is 2.98. The number of halogens is 4. The van der Waals surface area contributed by atoms with E-state index in [4.69, 9.17) is 21.8 Å². The van der Waals surface area contributed by atoms with Gasteiger partial charge < -0.3 is 10.2 Å². The number of hydrogen-bond donors (Lipinski definition) is 2. The van der Waals surface area contributed by atoms with Crippen molar-refractivity contribution in [3.05, 3.63) is 34.3 Å². The molecule has 0 aliphatic carbocycles. The van der Waals surface area contributed by atoms with Gasteiger partial charge in [-0.05, 0) is 6.07 Å². The molecule has 0 aliphatic rings. The fourth-order valence-corrected chi connectivity index (χ4v) is 1.49. The van der Waals surface area contributed by atoms with Crippen molar-refractivity contribution in [3.63, 3.8) is 0 Å². The highest BCUT2D eigenvalue weighted by Crippen LogP contribution is 2.39. The van der Waals surface area contributed by atoms with Crippen LogP contribution in [0.5, 0.6) is 0 Å². The van der Waals surface area contributed by atoms with Crippen molar-refractivity contribution < 1.29 is 28.2 Å². The normalized spacial score (nSPS) is 13.6. The summed E-state index contributed by atoms with van der Waals surface area (Å²) in [6.07, 6.45) is -7.07. The maximum Gasteiger partial charge on any atom is 0.418 e. The van der Waals surface area contributed by atoms with E-state index in [1.807, 2.05) is 0 Å². The van der Waals surface area contributed by atoms with Crippen LogP contribution in [0.2, 0.25) is 5.02 Å². The first-order valence-electron chi connectivity index (χ1n) is 4.01. The number of alkyl halides is 3. The van der Waals surface area contributed by atoms with Gasteiger partial charge in [0.2, 0.25) is 0 Å². The molecular weight excluding hydrogens is 249 g/mol. The van der Waals surface area contributed by atoms with Gasteiger partial charge in [0.25, 0.3) is 0 Å². The Kier molecular flexibility index (Phi) is 3.44. The highest BCUT2D eigenvalue weighted by molar-refractivity contribution is 6.31. The highest BCUT2D eigenvalue weighted by atomic mass is 35.5. The van der Waals surface area contributed by atoms with Crippen molar-refractivity contribution in [3.8, 4) is 0 Å². The Hall–Kier alpha value is -1.27. The zero-order valence-corrected chi connectivity index (χ0v) is 8.38. The van der Waals surface area contributed by atoms with E-state index in [2.05, 4.69) is 0 Å². The van der Waals surface area contributed by atoms with Crippen molar-refractivity contribution in [2.45, 2.75) is 12.3 Å². The van der Waals surface area contributed by atoms with Gasteiger partial charge in [0.15, 0.2) is 6.10 Å². The van der Waals surface area contributed by atoms with Crippen LogP contribution in [0.4, 0.5) is 13.2 Å². The number of carboxylic acid groups (broad SMARTS) is 1. The van der Waals surface area contributed by atoms with E-state index in [-0.39, 0.29) is 0 Å². The Morgan fingerprint density at radius 1 is 1.38 bits per heavy atom. The molecule has 0 radical (unpaired) electrons. The molecule has 1 aromatic rings. The Morgan fingerprint density at radius 2 is 1.94 bits per heavy atom. The van der Waals surface area contributed by atoms with Gasteiger partial charge >= 0.3 is 12.1 Å². The van der Waals surface area contributed by atoms with E-state index >= 15 is 0 Å². The largest absolute Gasteiger partial charge is 0.479 e. The molecule has 0 saturated heterocycles. The number of aliphatic hydroxyl groups is 1. The van der Waals surface area contributed by atoms with Crippen molar-refractivity contribution in [2.24, 2.45) is 0 Å². The SMILES string of the molecule is O=C(O)C(O)c1cccc(Cl)c1C(F)(F)F. The van der Waals surface area contributed by atoms with Crippen LogP contribution in [0.15, 0.2) is 18.2 Å². The van der Waals surface area contributed by atoms with Gasteiger partial charge in [0.1, 0.15) is 0 Å². The van der Waals surface area contributed by atoms with Crippen LogP contribution in [0, 0.1) is 0 Å². The first-order chi connectivity index (χ1) is 7.25. The summed E-state index contributed by atoms with van der Waals surface area (Å²) < 4.78 is 37.6. The van der Waals surface area contributed by atoms with E-state index in [1.165, 1.54) is 0 Å². The first-order valence-corrected chi connectivity index (χ1v) is 4.39. The van der Waals surface area contributed by atoms with E-state index < -0.39 is 34.4 Å². The molecule has 1 unspecified atom stereocenters. The third-order valence-corrected chi connectivity index (χ3v) is 2.17. The lowest BCUT2D eigenvalue weighted by Crippen LogP contribution is -2.17. The third-order valence-electron chi connectivity index (χ3n) is 1.86. The molecule has 0 amide bonds. The molecule has 1 atom stereocenters. The molecule has 0 aliphatic heterocycles. The average Bonchev–Trinajstić information content (AvgIpc) is 2.14. The van der Waals surface area contributed by atoms with Crippen LogP contribution in [0.3, 0.4) is 0 Å². The van der Waals surface area contributed by atoms with Crippen molar-refractivity contribution in [1.82, 2.24) is 0 Å². The molecule has 0 fully saturated rings. The zero-order chi connectivity index (χ0) is 12.5. The van der Waals surface area contributed by atoms with Crippen LogP contribution in [0.1, 0.15) is 17.2 Å². The fraction of sp³-hybridized carbons (Fsp3) is 0.222. The van der Waals surface area contributed by atoms with Gasteiger partial charge in [0, 0.05) is 5.56 Å². The van der Waals surface area contributed by atoms with Crippen LogP contribution in [-0.4, -0.2) is 16.2 Å². The number of hydrogen-bond acceptors (Lipinski definition) is 2. The minimum absolute atomic E-state index is 0.648. The van der Waals surface area contributed by atoms with Crippen LogP contribution in [-0.2, 0) is 11.0 Å². The summed E-state index contributed by atoms with van der Waals surface area (Å²) in [5, 5.41) is 16.9. The Morgan fingerprint density at radius 3 is 2.38 bits per heavy atom. The van der Waals surface area contributed by atoms with E-state index in [0.717, 1.165) is 18.2 Å². The molecule has 0 aromatic heterocycles. The van der Waals surface area contributed by atoms with Gasteiger partial charge in [0.05, 0.1) is 10.6 Å². The lowest BCUT2D eigenvalue weighted by molar-refractivity contribution is -0.149. The number of carbonyl (C=O) groups is 1. The molecule has 3 nitrogen and oxygen atoms in total. The molecule has 1 rings (SSSR count). The summed E-state index contributed by atoms with van der Waals surface area (Å²) in [5.41, 5.74) is -2.10. The van der Waals surface area contributed by atoms with Crippen LogP contribution < -0.4 is 0 Å². The number of aliphatic carboxylic acids is 1. The first kappa shape index (κ1) is 12.8. The number of rotatable bonds is 2. The maximum atomic E-state index is 12.5. The van der Waals surface area contributed by atoms with E-state index in [1.54, 1.807) is 0 Å². The van der Waals surface area contributed by atoms with Crippen molar-refractivity contribution in [1.29, 1.82) is 0 Å². The van der Waals surface area contributed by atoms with Gasteiger partial charge in [-0.2, -0.15) is 13.2 Å². The van der Waals surface area contributed by atoms with Crippen LogP contribution >= 0.6 is 11.6 Å².